The van der Waals surface area contributed by atoms with Crippen molar-refractivity contribution in [1.29, 1.82) is 0 Å². The third-order valence-corrected chi connectivity index (χ3v) is 3.67. The van der Waals surface area contributed by atoms with Gasteiger partial charge in [-0.25, -0.2) is 4.98 Å². The number of rotatable bonds is 4. The van der Waals surface area contributed by atoms with Gasteiger partial charge in [0.15, 0.2) is 0 Å². The summed E-state index contributed by atoms with van der Waals surface area (Å²) in [6.07, 6.45) is 0.628. The summed E-state index contributed by atoms with van der Waals surface area (Å²) < 4.78 is 1.06. The second-order valence-corrected chi connectivity index (χ2v) is 5.63. The van der Waals surface area contributed by atoms with E-state index in [1.165, 1.54) is 0 Å². The molecule has 0 spiro atoms. The SMILES string of the molecule is CC(=O)CC(C)Sc1nc(C)cs1. The lowest BCUT2D eigenvalue weighted by atomic mass is 10.2. The maximum atomic E-state index is 10.8. The molecule has 1 aromatic heterocycles. The van der Waals surface area contributed by atoms with Crippen molar-refractivity contribution in [3.63, 3.8) is 0 Å². The van der Waals surface area contributed by atoms with E-state index in [2.05, 4.69) is 11.9 Å². The lowest BCUT2D eigenvalue weighted by Crippen LogP contribution is -2.02. The molecule has 0 N–H and O–H groups in total. The van der Waals surface area contributed by atoms with Crippen LogP contribution in [0.5, 0.6) is 0 Å². The standard InChI is InChI=1S/C9H13NOS2/c1-6-5-12-9(10-6)13-8(3)4-7(2)11/h5,8H,4H2,1-3H3. The van der Waals surface area contributed by atoms with E-state index >= 15 is 0 Å². The van der Waals surface area contributed by atoms with Gasteiger partial charge in [0.1, 0.15) is 10.1 Å². The van der Waals surface area contributed by atoms with Crippen LogP contribution in [0.15, 0.2) is 9.72 Å². The van der Waals surface area contributed by atoms with Crippen LogP contribution in [-0.4, -0.2) is 16.0 Å². The van der Waals surface area contributed by atoms with E-state index in [9.17, 15) is 4.79 Å². The number of carbonyl (C=O) groups excluding carboxylic acids is 1. The first-order valence-electron chi connectivity index (χ1n) is 4.16. The molecular weight excluding hydrogens is 202 g/mol. The Kier molecular flexibility index (Phi) is 3.93. The molecule has 1 unspecified atom stereocenters. The van der Waals surface area contributed by atoms with E-state index in [-0.39, 0.29) is 5.78 Å². The molecule has 1 rings (SSSR count). The fourth-order valence-electron chi connectivity index (χ4n) is 1.01. The molecule has 2 nitrogen and oxygen atoms in total. The molecule has 72 valence electrons. The Morgan fingerprint density at radius 1 is 1.77 bits per heavy atom. The summed E-state index contributed by atoms with van der Waals surface area (Å²) in [4.78, 5) is 15.1. The molecule has 1 aromatic rings. The van der Waals surface area contributed by atoms with Crippen LogP contribution in [0.2, 0.25) is 0 Å². The summed E-state index contributed by atoms with van der Waals surface area (Å²) in [7, 11) is 0. The highest BCUT2D eigenvalue weighted by molar-refractivity contribution is 8.01. The predicted molar refractivity (Wildman–Crippen MR) is 57.5 cm³/mol. The average Bonchev–Trinajstić information content (AvgIpc) is 2.33. The fourth-order valence-corrected chi connectivity index (χ4v) is 3.24. The molecule has 0 bridgehead atoms. The van der Waals surface area contributed by atoms with E-state index in [0.717, 1.165) is 10.0 Å². The maximum absolute atomic E-state index is 10.8. The molecule has 4 heteroatoms. The number of thiazole rings is 1. The molecule has 1 atom stereocenters. The largest absolute Gasteiger partial charge is 0.300 e. The van der Waals surface area contributed by atoms with Crippen molar-refractivity contribution in [2.75, 3.05) is 0 Å². The van der Waals surface area contributed by atoms with Gasteiger partial charge in [0.25, 0.3) is 0 Å². The zero-order valence-electron chi connectivity index (χ0n) is 8.03. The van der Waals surface area contributed by atoms with Gasteiger partial charge in [-0.2, -0.15) is 0 Å². The van der Waals surface area contributed by atoms with Crippen LogP contribution in [0.4, 0.5) is 0 Å². The van der Waals surface area contributed by atoms with Crippen molar-refractivity contribution in [3.8, 4) is 0 Å². The molecule has 13 heavy (non-hydrogen) atoms. The van der Waals surface area contributed by atoms with E-state index < -0.39 is 0 Å². The second-order valence-electron chi connectivity index (χ2n) is 3.09. The average molecular weight is 215 g/mol. The van der Waals surface area contributed by atoms with Gasteiger partial charge in [0.05, 0.1) is 0 Å². The number of nitrogens with zero attached hydrogens (tertiary/aromatic N) is 1. The molecule has 0 aliphatic heterocycles. The monoisotopic (exact) mass is 215 g/mol. The number of hydrogen-bond donors (Lipinski definition) is 0. The smallest absolute Gasteiger partial charge is 0.150 e. The quantitative estimate of drug-likeness (QED) is 0.723. The Morgan fingerprint density at radius 2 is 2.46 bits per heavy atom. The third-order valence-electron chi connectivity index (χ3n) is 1.47. The minimum Gasteiger partial charge on any atom is -0.300 e. The Labute approximate surface area is 86.8 Å². The predicted octanol–water partition coefficient (Wildman–Crippen LogP) is 2.91. The molecule has 0 radical (unpaired) electrons. The first kappa shape index (κ1) is 10.7. The molecule has 0 aromatic carbocycles. The van der Waals surface area contributed by atoms with Crippen LogP contribution in [0.25, 0.3) is 0 Å². The summed E-state index contributed by atoms with van der Waals surface area (Å²) in [6, 6.07) is 0. The van der Waals surface area contributed by atoms with E-state index in [1.807, 2.05) is 12.3 Å². The summed E-state index contributed by atoms with van der Waals surface area (Å²) in [5, 5.41) is 2.37. The first-order chi connectivity index (χ1) is 6.08. The van der Waals surface area contributed by atoms with Crippen LogP contribution in [0.3, 0.4) is 0 Å². The summed E-state index contributed by atoms with van der Waals surface area (Å²) in [5.41, 5.74) is 1.06. The van der Waals surface area contributed by atoms with Crippen molar-refractivity contribution in [2.45, 2.75) is 36.8 Å². The highest BCUT2D eigenvalue weighted by Crippen LogP contribution is 2.27. The minimum absolute atomic E-state index is 0.244. The Morgan fingerprint density at radius 3 is 2.92 bits per heavy atom. The Balaban J connectivity index is 2.44. The van der Waals surface area contributed by atoms with Crippen LogP contribution in [-0.2, 0) is 4.79 Å². The van der Waals surface area contributed by atoms with Gasteiger partial charge in [-0.15, -0.1) is 11.3 Å². The van der Waals surface area contributed by atoms with Gasteiger partial charge in [0, 0.05) is 22.7 Å². The van der Waals surface area contributed by atoms with Gasteiger partial charge in [0.2, 0.25) is 0 Å². The molecule has 0 saturated heterocycles. The number of hydrogen-bond acceptors (Lipinski definition) is 4. The number of ketones is 1. The van der Waals surface area contributed by atoms with Crippen molar-refractivity contribution in [1.82, 2.24) is 4.98 Å². The number of carbonyl (C=O) groups is 1. The van der Waals surface area contributed by atoms with Crippen LogP contribution >= 0.6 is 23.1 Å². The summed E-state index contributed by atoms with van der Waals surface area (Å²) in [5.74, 6) is 0.244. The van der Waals surface area contributed by atoms with E-state index in [4.69, 9.17) is 0 Å². The van der Waals surface area contributed by atoms with Crippen LogP contribution < -0.4 is 0 Å². The topological polar surface area (TPSA) is 30.0 Å². The lowest BCUT2D eigenvalue weighted by molar-refractivity contribution is -0.116. The molecule has 0 aliphatic rings. The normalized spacial score (nSPS) is 12.8. The second kappa shape index (κ2) is 4.77. The zero-order valence-corrected chi connectivity index (χ0v) is 9.67. The lowest BCUT2D eigenvalue weighted by Gasteiger charge is -2.04. The molecule has 0 saturated carbocycles. The van der Waals surface area contributed by atoms with Crippen LogP contribution in [0.1, 0.15) is 26.0 Å². The Bertz CT molecular complexity index is 296. The highest BCUT2D eigenvalue weighted by atomic mass is 32.2. The van der Waals surface area contributed by atoms with Gasteiger partial charge in [-0.3, -0.25) is 4.79 Å². The van der Waals surface area contributed by atoms with Gasteiger partial charge in [-0.1, -0.05) is 18.7 Å². The van der Waals surface area contributed by atoms with Gasteiger partial charge >= 0.3 is 0 Å². The van der Waals surface area contributed by atoms with Crippen molar-refractivity contribution in [2.24, 2.45) is 0 Å². The van der Waals surface area contributed by atoms with E-state index in [0.29, 0.717) is 11.7 Å². The van der Waals surface area contributed by atoms with Crippen molar-refractivity contribution >= 4 is 28.9 Å². The molecule has 0 amide bonds. The number of aromatic nitrogens is 1. The number of thioether (sulfide) groups is 1. The van der Waals surface area contributed by atoms with Gasteiger partial charge < -0.3 is 0 Å². The highest BCUT2D eigenvalue weighted by Gasteiger charge is 2.09. The third kappa shape index (κ3) is 3.91. The molecular formula is C9H13NOS2. The maximum Gasteiger partial charge on any atom is 0.150 e. The zero-order chi connectivity index (χ0) is 9.84. The summed E-state index contributed by atoms with van der Waals surface area (Å²) >= 11 is 3.32. The van der Waals surface area contributed by atoms with Crippen LogP contribution in [0, 0.1) is 6.92 Å². The van der Waals surface area contributed by atoms with Gasteiger partial charge in [-0.05, 0) is 13.8 Å². The number of aryl methyl sites for hydroxylation is 1. The molecule has 1 heterocycles. The van der Waals surface area contributed by atoms with Crippen molar-refractivity contribution in [3.05, 3.63) is 11.1 Å². The molecule has 0 aliphatic carbocycles. The Hall–Kier alpha value is -0.350. The van der Waals surface area contributed by atoms with Crippen molar-refractivity contribution < 1.29 is 4.79 Å². The van der Waals surface area contributed by atoms with E-state index in [1.54, 1.807) is 30.0 Å². The fraction of sp³-hybridized carbons (Fsp3) is 0.556. The number of Topliss-reactive ketones (excluding diaryl/α,β-unsaturated/α-hetero) is 1. The molecule has 0 fully saturated rings. The summed E-state index contributed by atoms with van der Waals surface area (Å²) in [6.45, 7) is 5.67. The minimum atomic E-state index is 0.244. The first-order valence-corrected chi connectivity index (χ1v) is 5.92.